The summed E-state index contributed by atoms with van der Waals surface area (Å²) in [6, 6.07) is 5.53. The van der Waals surface area contributed by atoms with Crippen molar-refractivity contribution < 1.29 is 22.5 Å². The van der Waals surface area contributed by atoms with Crippen molar-refractivity contribution in [3.05, 3.63) is 34.9 Å². The molecule has 0 unspecified atom stereocenters. The molecule has 1 aliphatic rings. The van der Waals surface area contributed by atoms with Gasteiger partial charge in [-0.1, -0.05) is 6.07 Å². The Morgan fingerprint density at radius 3 is 2.81 bits per heavy atom. The van der Waals surface area contributed by atoms with Crippen molar-refractivity contribution in [1.29, 1.82) is 0 Å². The van der Waals surface area contributed by atoms with Crippen LogP contribution in [0.2, 0.25) is 0 Å². The largest absolute Gasteiger partial charge is 0.465 e. The highest BCUT2D eigenvalue weighted by atomic mass is 32.2. The van der Waals surface area contributed by atoms with E-state index in [1.54, 1.807) is 6.07 Å². The van der Waals surface area contributed by atoms with Crippen molar-refractivity contribution in [3.8, 4) is 0 Å². The summed E-state index contributed by atoms with van der Waals surface area (Å²) >= 11 is 0. The van der Waals surface area contributed by atoms with Crippen molar-refractivity contribution in [3.63, 3.8) is 0 Å². The molecule has 1 aromatic rings. The van der Waals surface area contributed by atoms with E-state index in [-0.39, 0.29) is 11.7 Å². The number of benzene rings is 1. The van der Waals surface area contributed by atoms with Crippen LogP contribution in [0.3, 0.4) is 0 Å². The van der Waals surface area contributed by atoms with E-state index in [0.717, 1.165) is 18.5 Å². The highest BCUT2D eigenvalue weighted by Crippen LogP contribution is 2.21. The minimum absolute atomic E-state index is 0.224. The van der Waals surface area contributed by atoms with Crippen molar-refractivity contribution in [2.45, 2.75) is 19.4 Å². The van der Waals surface area contributed by atoms with Crippen LogP contribution in [0, 0.1) is 0 Å². The topological polar surface area (TPSA) is 83.9 Å². The monoisotopic (exact) mass is 313 g/mol. The van der Waals surface area contributed by atoms with E-state index >= 15 is 0 Å². The number of carbonyl (C=O) groups is 1. The summed E-state index contributed by atoms with van der Waals surface area (Å²) in [4.78, 5) is 13.7. The third-order valence-corrected chi connectivity index (χ3v) is 4.40. The first-order valence-corrected chi connectivity index (χ1v) is 8.37. The molecule has 2 rings (SSSR count). The second-order valence-electron chi connectivity index (χ2n) is 5.14. The minimum atomic E-state index is -3.89. The number of hydrogen-bond acceptors (Lipinski definition) is 5. The smallest absolute Gasteiger partial charge is 0.337 e. The fourth-order valence-electron chi connectivity index (χ4n) is 2.52. The molecule has 1 N–H and O–H groups in total. The first-order chi connectivity index (χ1) is 9.89. The molecule has 1 aromatic carbocycles. The average molecular weight is 313 g/mol. The van der Waals surface area contributed by atoms with E-state index in [1.165, 1.54) is 12.7 Å². The molecule has 7 heteroatoms. The molecule has 0 aromatic heterocycles. The lowest BCUT2D eigenvalue weighted by molar-refractivity contribution is 0.0600. The van der Waals surface area contributed by atoms with E-state index in [2.05, 4.69) is 4.90 Å². The average Bonchev–Trinajstić information content (AvgIpc) is 2.44. The Morgan fingerprint density at radius 2 is 2.14 bits per heavy atom. The quantitative estimate of drug-likeness (QED) is 0.647. The molecule has 1 heterocycles. The van der Waals surface area contributed by atoms with Crippen LogP contribution in [-0.2, 0) is 27.8 Å². The van der Waals surface area contributed by atoms with Crippen molar-refractivity contribution >= 4 is 16.1 Å². The van der Waals surface area contributed by atoms with Gasteiger partial charge in [0.15, 0.2) is 0 Å². The zero-order valence-corrected chi connectivity index (χ0v) is 12.7. The van der Waals surface area contributed by atoms with Crippen LogP contribution in [0.25, 0.3) is 0 Å². The summed E-state index contributed by atoms with van der Waals surface area (Å²) < 4.78 is 34.9. The molecular formula is C14H19NO5S. The van der Waals surface area contributed by atoms with Gasteiger partial charge in [-0.15, -0.1) is 0 Å². The molecule has 6 nitrogen and oxygen atoms in total. The first kappa shape index (κ1) is 15.9. The predicted octanol–water partition coefficient (Wildman–Crippen LogP) is 1.11. The van der Waals surface area contributed by atoms with Gasteiger partial charge in [0.1, 0.15) is 0 Å². The number of ether oxygens (including phenoxy) is 1. The lowest BCUT2D eigenvalue weighted by Gasteiger charge is -2.28. The molecule has 116 valence electrons. The highest BCUT2D eigenvalue weighted by Gasteiger charge is 2.18. The second-order valence-corrected chi connectivity index (χ2v) is 6.71. The van der Waals surface area contributed by atoms with E-state index in [1.807, 2.05) is 12.1 Å². The standard InChI is InChI=1S/C14H19NO5S/c1-20-14(16)12-4-3-11-5-7-15(10-13(11)9-12)6-2-8-21(17,18)19/h3-4,9H,2,5-8,10H2,1H3,(H,17,18,19). The van der Waals surface area contributed by atoms with Crippen LogP contribution in [0.5, 0.6) is 0 Å². The molecule has 0 fully saturated rings. The van der Waals surface area contributed by atoms with E-state index in [9.17, 15) is 13.2 Å². The van der Waals surface area contributed by atoms with E-state index < -0.39 is 10.1 Å². The number of hydrogen-bond donors (Lipinski definition) is 1. The maximum atomic E-state index is 11.5. The van der Waals surface area contributed by atoms with Crippen molar-refractivity contribution in [2.75, 3.05) is 26.0 Å². The van der Waals surface area contributed by atoms with E-state index in [0.29, 0.717) is 25.1 Å². The molecule has 0 spiro atoms. The van der Waals surface area contributed by atoms with Crippen LogP contribution < -0.4 is 0 Å². The summed E-state index contributed by atoms with van der Waals surface area (Å²) in [6.07, 6.45) is 1.26. The maximum absolute atomic E-state index is 11.5. The number of rotatable bonds is 5. The first-order valence-electron chi connectivity index (χ1n) is 6.76. The van der Waals surface area contributed by atoms with Gasteiger partial charge in [-0.05, 0) is 42.6 Å². The number of methoxy groups -OCH3 is 1. The van der Waals surface area contributed by atoms with Crippen LogP contribution in [0.4, 0.5) is 0 Å². The third-order valence-electron chi connectivity index (χ3n) is 3.60. The van der Waals surface area contributed by atoms with Gasteiger partial charge in [0.05, 0.1) is 18.4 Å². The van der Waals surface area contributed by atoms with Crippen LogP contribution in [0.15, 0.2) is 18.2 Å². The van der Waals surface area contributed by atoms with Gasteiger partial charge >= 0.3 is 5.97 Å². The molecule has 0 saturated heterocycles. The Labute approximate surface area is 124 Å². The molecule has 0 bridgehead atoms. The number of carbonyl (C=O) groups excluding carboxylic acids is 1. The Hall–Kier alpha value is -1.44. The van der Waals surface area contributed by atoms with Crippen molar-refractivity contribution in [2.24, 2.45) is 0 Å². The van der Waals surface area contributed by atoms with Gasteiger partial charge in [-0.2, -0.15) is 8.42 Å². The van der Waals surface area contributed by atoms with Crippen LogP contribution in [0.1, 0.15) is 27.9 Å². The summed E-state index contributed by atoms with van der Waals surface area (Å²) in [5, 5.41) is 0. The maximum Gasteiger partial charge on any atom is 0.337 e. The Morgan fingerprint density at radius 1 is 1.38 bits per heavy atom. The normalized spacial score (nSPS) is 15.5. The number of nitrogens with zero attached hydrogens (tertiary/aromatic N) is 1. The lowest BCUT2D eigenvalue weighted by Crippen LogP contribution is -2.32. The molecule has 1 aliphatic heterocycles. The lowest BCUT2D eigenvalue weighted by atomic mass is 9.97. The van der Waals surface area contributed by atoms with Gasteiger partial charge in [0, 0.05) is 13.1 Å². The second kappa shape index (κ2) is 6.55. The van der Waals surface area contributed by atoms with Crippen LogP contribution >= 0.6 is 0 Å². The molecule has 21 heavy (non-hydrogen) atoms. The molecule has 0 amide bonds. The zero-order valence-electron chi connectivity index (χ0n) is 11.9. The zero-order chi connectivity index (χ0) is 15.5. The Kier molecular flexibility index (Phi) is 4.97. The Balaban J connectivity index is 2.00. The van der Waals surface area contributed by atoms with Gasteiger partial charge < -0.3 is 4.74 Å². The SMILES string of the molecule is COC(=O)c1ccc2c(c1)CN(CCCS(=O)(=O)O)CC2. The summed E-state index contributed by atoms with van der Waals surface area (Å²) in [5.74, 6) is -0.584. The Bertz CT molecular complexity index is 626. The van der Waals surface area contributed by atoms with Gasteiger partial charge in [0.2, 0.25) is 0 Å². The fourth-order valence-corrected chi connectivity index (χ4v) is 3.02. The van der Waals surface area contributed by atoms with Gasteiger partial charge in [0.25, 0.3) is 10.1 Å². The molecule has 0 saturated carbocycles. The third kappa shape index (κ3) is 4.52. The van der Waals surface area contributed by atoms with Gasteiger partial charge in [-0.25, -0.2) is 4.79 Å². The van der Waals surface area contributed by atoms with Gasteiger partial charge in [-0.3, -0.25) is 9.45 Å². The molecule has 0 radical (unpaired) electrons. The predicted molar refractivity (Wildman–Crippen MR) is 77.8 cm³/mol. The summed E-state index contributed by atoms with van der Waals surface area (Å²) in [5.41, 5.74) is 2.79. The summed E-state index contributed by atoms with van der Waals surface area (Å²) in [6.45, 7) is 2.11. The number of esters is 1. The molecule has 0 atom stereocenters. The summed E-state index contributed by atoms with van der Waals surface area (Å²) in [7, 11) is -2.54. The van der Waals surface area contributed by atoms with Crippen molar-refractivity contribution in [1.82, 2.24) is 4.90 Å². The van der Waals surface area contributed by atoms with Crippen LogP contribution in [-0.4, -0.2) is 49.8 Å². The fraction of sp³-hybridized carbons (Fsp3) is 0.500. The van der Waals surface area contributed by atoms with E-state index in [4.69, 9.17) is 9.29 Å². The number of fused-ring (bicyclic) bond motifs is 1. The highest BCUT2D eigenvalue weighted by molar-refractivity contribution is 7.85. The minimum Gasteiger partial charge on any atom is -0.465 e. The molecular weight excluding hydrogens is 294 g/mol. The molecule has 0 aliphatic carbocycles.